The highest BCUT2D eigenvalue weighted by Gasteiger charge is 2.20. The van der Waals surface area contributed by atoms with Gasteiger partial charge in [-0.15, -0.1) is 0 Å². The smallest absolute Gasteiger partial charge is 0.183 e. The Hall–Kier alpha value is -0.930. The predicted octanol–water partition coefficient (Wildman–Crippen LogP) is 1.76. The number of nitrogens with zero attached hydrogens (tertiary/aromatic N) is 1. The van der Waals surface area contributed by atoms with Crippen molar-refractivity contribution in [3.63, 3.8) is 0 Å². The number of aromatic nitrogens is 1. The lowest BCUT2D eigenvalue weighted by atomic mass is 10.2. The molecule has 1 fully saturated rings. The first-order valence-corrected chi connectivity index (χ1v) is 4.49. The summed E-state index contributed by atoms with van der Waals surface area (Å²) in [5.41, 5.74) is 1.04. The third-order valence-corrected chi connectivity index (χ3v) is 2.04. The van der Waals surface area contributed by atoms with Gasteiger partial charge in [0.15, 0.2) is 6.29 Å². The van der Waals surface area contributed by atoms with Crippen LogP contribution in [0.2, 0.25) is 0 Å². The maximum absolute atomic E-state index is 5.53. The molecule has 70 valence electrons. The molecule has 1 aliphatic rings. The van der Waals surface area contributed by atoms with Crippen LogP contribution >= 0.6 is 0 Å². The fraction of sp³-hybridized carbons (Fsp3) is 0.500. The average Bonchev–Trinajstić information content (AvgIpc) is 2.20. The highest BCUT2D eigenvalue weighted by Crippen LogP contribution is 2.23. The molecule has 1 aliphatic heterocycles. The highest BCUT2D eigenvalue weighted by molar-refractivity contribution is 5.11. The van der Waals surface area contributed by atoms with E-state index in [1.165, 1.54) is 0 Å². The summed E-state index contributed by atoms with van der Waals surface area (Å²) in [4.78, 5) is 3.94. The van der Waals surface area contributed by atoms with Gasteiger partial charge < -0.3 is 9.47 Å². The van der Waals surface area contributed by atoms with Gasteiger partial charge in [0.1, 0.15) is 0 Å². The van der Waals surface area contributed by atoms with Crippen LogP contribution in [0.25, 0.3) is 0 Å². The second kappa shape index (κ2) is 3.85. The van der Waals surface area contributed by atoms with E-state index in [2.05, 4.69) is 11.9 Å². The van der Waals surface area contributed by atoms with E-state index in [9.17, 15) is 0 Å². The summed E-state index contributed by atoms with van der Waals surface area (Å²) in [6.07, 6.45) is 3.30. The van der Waals surface area contributed by atoms with Gasteiger partial charge in [0, 0.05) is 23.9 Å². The van der Waals surface area contributed by atoms with Crippen molar-refractivity contribution in [2.24, 2.45) is 5.92 Å². The van der Waals surface area contributed by atoms with Crippen molar-refractivity contribution >= 4 is 0 Å². The molecular formula is C10H13NO2. The van der Waals surface area contributed by atoms with E-state index in [1.807, 2.05) is 12.1 Å². The van der Waals surface area contributed by atoms with Gasteiger partial charge in [-0.2, -0.15) is 0 Å². The summed E-state index contributed by atoms with van der Waals surface area (Å²) in [6, 6.07) is 3.83. The molecule has 1 aromatic rings. The molecule has 3 heteroatoms. The maximum atomic E-state index is 5.53. The zero-order chi connectivity index (χ0) is 9.10. The molecule has 0 spiro atoms. The Labute approximate surface area is 77.7 Å². The molecule has 0 N–H and O–H groups in total. The number of hydrogen-bond acceptors (Lipinski definition) is 3. The Kier molecular flexibility index (Phi) is 2.57. The highest BCUT2D eigenvalue weighted by atomic mass is 16.7. The molecule has 0 aromatic carbocycles. The monoisotopic (exact) mass is 179 g/mol. The largest absolute Gasteiger partial charge is 0.348 e. The second-order valence-corrected chi connectivity index (χ2v) is 3.38. The van der Waals surface area contributed by atoms with E-state index < -0.39 is 0 Å². The van der Waals surface area contributed by atoms with Crippen molar-refractivity contribution in [2.75, 3.05) is 13.2 Å². The van der Waals surface area contributed by atoms with Crippen LogP contribution in [-0.4, -0.2) is 18.2 Å². The van der Waals surface area contributed by atoms with Gasteiger partial charge in [0.05, 0.1) is 13.2 Å². The molecule has 1 saturated heterocycles. The van der Waals surface area contributed by atoms with Gasteiger partial charge in [0.2, 0.25) is 0 Å². The molecule has 0 saturated carbocycles. The molecule has 3 nitrogen and oxygen atoms in total. The fourth-order valence-corrected chi connectivity index (χ4v) is 1.31. The Morgan fingerprint density at radius 2 is 1.85 bits per heavy atom. The summed E-state index contributed by atoms with van der Waals surface area (Å²) < 4.78 is 11.1. The van der Waals surface area contributed by atoms with Crippen molar-refractivity contribution in [1.82, 2.24) is 4.98 Å². The van der Waals surface area contributed by atoms with Crippen LogP contribution in [0.3, 0.4) is 0 Å². The summed E-state index contributed by atoms with van der Waals surface area (Å²) >= 11 is 0. The topological polar surface area (TPSA) is 31.4 Å². The molecule has 2 rings (SSSR count). The van der Waals surface area contributed by atoms with Crippen LogP contribution in [0.15, 0.2) is 24.5 Å². The maximum Gasteiger partial charge on any atom is 0.183 e. The summed E-state index contributed by atoms with van der Waals surface area (Å²) in [7, 11) is 0. The van der Waals surface area contributed by atoms with Crippen molar-refractivity contribution < 1.29 is 9.47 Å². The van der Waals surface area contributed by atoms with Gasteiger partial charge in [0.25, 0.3) is 0 Å². The minimum Gasteiger partial charge on any atom is -0.348 e. The molecule has 0 amide bonds. The number of pyridine rings is 1. The zero-order valence-electron chi connectivity index (χ0n) is 7.64. The quantitative estimate of drug-likeness (QED) is 0.658. The third-order valence-electron chi connectivity index (χ3n) is 2.04. The molecule has 1 aromatic heterocycles. The van der Waals surface area contributed by atoms with Crippen molar-refractivity contribution in [2.45, 2.75) is 13.2 Å². The Bertz CT molecular complexity index is 255. The Morgan fingerprint density at radius 3 is 2.46 bits per heavy atom. The summed E-state index contributed by atoms with van der Waals surface area (Å²) in [5.74, 6) is 0.498. The van der Waals surface area contributed by atoms with E-state index in [0.29, 0.717) is 5.92 Å². The molecule has 0 unspecified atom stereocenters. The molecular weight excluding hydrogens is 166 g/mol. The lowest BCUT2D eigenvalue weighted by molar-refractivity contribution is -0.202. The minimum atomic E-state index is -0.195. The zero-order valence-corrected chi connectivity index (χ0v) is 7.64. The van der Waals surface area contributed by atoms with Crippen LogP contribution < -0.4 is 0 Å². The molecule has 0 radical (unpaired) electrons. The van der Waals surface area contributed by atoms with E-state index in [-0.39, 0.29) is 6.29 Å². The van der Waals surface area contributed by atoms with Gasteiger partial charge in [-0.25, -0.2) is 0 Å². The lowest BCUT2D eigenvalue weighted by Gasteiger charge is -2.27. The van der Waals surface area contributed by atoms with Crippen molar-refractivity contribution in [3.05, 3.63) is 30.1 Å². The molecule has 0 bridgehead atoms. The number of rotatable bonds is 1. The van der Waals surface area contributed by atoms with E-state index in [1.54, 1.807) is 12.4 Å². The van der Waals surface area contributed by atoms with Crippen molar-refractivity contribution in [3.8, 4) is 0 Å². The standard InChI is InChI=1S/C10H13NO2/c1-8-6-12-10(13-7-8)9-2-4-11-5-3-9/h2-5,8,10H,6-7H2,1H3. The van der Waals surface area contributed by atoms with Crippen LogP contribution in [0.4, 0.5) is 0 Å². The summed E-state index contributed by atoms with van der Waals surface area (Å²) in [5, 5.41) is 0. The summed E-state index contributed by atoms with van der Waals surface area (Å²) in [6.45, 7) is 3.66. The molecule has 13 heavy (non-hydrogen) atoms. The Balaban J connectivity index is 2.03. The Morgan fingerprint density at radius 1 is 1.23 bits per heavy atom. The van der Waals surface area contributed by atoms with Gasteiger partial charge >= 0.3 is 0 Å². The number of hydrogen-bond donors (Lipinski definition) is 0. The number of ether oxygens (including phenoxy) is 2. The van der Waals surface area contributed by atoms with Gasteiger partial charge in [-0.1, -0.05) is 6.92 Å². The van der Waals surface area contributed by atoms with Crippen LogP contribution in [0, 0.1) is 5.92 Å². The predicted molar refractivity (Wildman–Crippen MR) is 48.0 cm³/mol. The molecule has 2 heterocycles. The average molecular weight is 179 g/mol. The second-order valence-electron chi connectivity index (χ2n) is 3.38. The first kappa shape index (κ1) is 8.66. The van der Waals surface area contributed by atoms with Gasteiger partial charge in [-0.05, 0) is 12.1 Å². The first-order valence-electron chi connectivity index (χ1n) is 4.49. The van der Waals surface area contributed by atoms with E-state index in [0.717, 1.165) is 18.8 Å². The van der Waals surface area contributed by atoms with Crippen molar-refractivity contribution in [1.29, 1.82) is 0 Å². The van der Waals surface area contributed by atoms with Crippen LogP contribution in [-0.2, 0) is 9.47 Å². The van der Waals surface area contributed by atoms with Crippen LogP contribution in [0.1, 0.15) is 18.8 Å². The van der Waals surface area contributed by atoms with E-state index in [4.69, 9.17) is 9.47 Å². The SMILES string of the molecule is CC1COC(c2ccncc2)OC1. The first-order chi connectivity index (χ1) is 6.36. The fourth-order valence-electron chi connectivity index (χ4n) is 1.31. The van der Waals surface area contributed by atoms with E-state index >= 15 is 0 Å². The minimum absolute atomic E-state index is 0.195. The normalized spacial score (nSPS) is 28.7. The van der Waals surface area contributed by atoms with Gasteiger partial charge in [-0.3, -0.25) is 4.98 Å². The third kappa shape index (κ3) is 2.05. The lowest BCUT2D eigenvalue weighted by Crippen LogP contribution is -2.24. The molecule has 0 aliphatic carbocycles. The van der Waals surface area contributed by atoms with Crippen LogP contribution in [0.5, 0.6) is 0 Å². The molecule has 0 atom stereocenters.